The lowest BCUT2D eigenvalue weighted by Crippen LogP contribution is -2.37. The zero-order valence-corrected chi connectivity index (χ0v) is 23.5. The number of nitrogens with zero attached hydrogens (tertiary/aromatic N) is 4. The Bertz CT molecular complexity index is 1530. The standard InChI is InChI=1S/C33H35N5O3/c1-40-29-13-12-24(21-30(29)41-2)14-17-35-33(39)26(22-34)31-32(37-28-11-7-6-10-27(28)36-31)38-18-15-25(16-19-38)20-23-8-4-3-5-9-23/h3-13,21,25-26H,14-20H2,1-2H3,(H,35,39). The number of benzene rings is 3. The smallest absolute Gasteiger partial charge is 0.243 e. The van der Waals surface area contributed by atoms with Gasteiger partial charge in [0.2, 0.25) is 5.91 Å². The maximum atomic E-state index is 13.4. The number of nitriles is 1. The molecule has 0 saturated carbocycles. The molecular formula is C33H35N5O3. The van der Waals surface area contributed by atoms with Crippen LogP contribution in [-0.2, 0) is 17.6 Å². The Labute approximate surface area is 240 Å². The minimum absolute atomic E-state index is 0.369. The Balaban J connectivity index is 1.31. The Kier molecular flexibility index (Phi) is 8.95. The summed E-state index contributed by atoms with van der Waals surface area (Å²) in [6, 6.07) is 26.1. The monoisotopic (exact) mass is 549 g/mol. The number of piperidine rings is 1. The number of hydrogen-bond acceptors (Lipinski definition) is 7. The number of aromatic nitrogens is 2. The minimum Gasteiger partial charge on any atom is -0.493 e. The van der Waals surface area contributed by atoms with Gasteiger partial charge >= 0.3 is 0 Å². The molecule has 1 aromatic heterocycles. The van der Waals surface area contributed by atoms with Crippen molar-refractivity contribution in [1.29, 1.82) is 5.26 Å². The van der Waals surface area contributed by atoms with Crippen LogP contribution in [0.2, 0.25) is 0 Å². The van der Waals surface area contributed by atoms with Gasteiger partial charge in [-0.2, -0.15) is 5.26 Å². The SMILES string of the molecule is COc1ccc(CCNC(=O)C(C#N)c2nc3ccccc3nc2N2CCC(Cc3ccccc3)CC2)cc1OC. The summed E-state index contributed by atoms with van der Waals surface area (Å²) in [6.45, 7) is 1.97. The Morgan fingerprint density at radius 1 is 0.951 bits per heavy atom. The second-order valence-corrected chi connectivity index (χ2v) is 10.3. The van der Waals surface area contributed by atoms with E-state index in [0.29, 0.717) is 47.4 Å². The highest BCUT2D eigenvalue weighted by Gasteiger charge is 2.30. The van der Waals surface area contributed by atoms with Gasteiger partial charge in [0, 0.05) is 19.6 Å². The topological polar surface area (TPSA) is 100 Å². The molecule has 0 radical (unpaired) electrons. The summed E-state index contributed by atoms with van der Waals surface area (Å²) >= 11 is 0. The van der Waals surface area contributed by atoms with E-state index in [9.17, 15) is 10.1 Å². The van der Waals surface area contributed by atoms with Crippen LogP contribution >= 0.6 is 0 Å². The first-order valence-electron chi connectivity index (χ1n) is 14.0. The molecule has 1 amide bonds. The largest absolute Gasteiger partial charge is 0.493 e. The third-order valence-electron chi connectivity index (χ3n) is 7.68. The van der Waals surface area contributed by atoms with Gasteiger partial charge in [-0.25, -0.2) is 9.97 Å². The number of anilines is 1. The fourth-order valence-corrected chi connectivity index (χ4v) is 5.44. The van der Waals surface area contributed by atoms with Gasteiger partial charge in [0.25, 0.3) is 0 Å². The zero-order valence-electron chi connectivity index (χ0n) is 23.5. The van der Waals surface area contributed by atoms with E-state index >= 15 is 0 Å². The molecule has 1 atom stereocenters. The third-order valence-corrected chi connectivity index (χ3v) is 7.68. The Hall–Kier alpha value is -4.64. The van der Waals surface area contributed by atoms with Crippen molar-refractivity contribution >= 4 is 22.8 Å². The number of carbonyl (C=O) groups is 1. The number of rotatable bonds is 10. The summed E-state index contributed by atoms with van der Waals surface area (Å²) in [5.74, 6) is 1.04. The summed E-state index contributed by atoms with van der Waals surface area (Å²) < 4.78 is 10.7. The fourth-order valence-electron chi connectivity index (χ4n) is 5.44. The number of para-hydroxylation sites is 2. The first-order chi connectivity index (χ1) is 20.1. The molecule has 1 fully saturated rings. The predicted molar refractivity (Wildman–Crippen MR) is 159 cm³/mol. The number of amides is 1. The molecule has 0 aliphatic carbocycles. The van der Waals surface area contributed by atoms with Gasteiger partial charge in [-0.1, -0.05) is 48.5 Å². The molecule has 1 aliphatic heterocycles. The van der Waals surface area contributed by atoms with Crippen LogP contribution in [0.4, 0.5) is 5.82 Å². The summed E-state index contributed by atoms with van der Waals surface area (Å²) in [5.41, 5.74) is 4.18. The first-order valence-corrected chi connectivity index (χ1v) is 14.0. The fraction of sp³-hybridized carbons (Fsp3) is 0.333. The van der Waals surface area contributed by atoms with Gasteiger partial charge in [-0.3, -0.25) is 4.79 Å². The number of nitrogens with one attached hydrogen (secondary N) is 1. The molecule has 0 spiro atoms. The molecule has 1 N–H and O–H groups in total. The van der Waals surface area contributed by atoms with Crippen LogP contribution in [0.5, 0.6) is 11.5 Å². The van der Waals surface area contributed by atoms with E-state index in [1.165, 1.54) is 5.56 Å². The van der Waals surface area contributed by atoms with E-state index in [-0.39, 0.29) is 5.91 Å². The van der Waals surface area contributed by atoms with Gasteiger partial charge < -0.3 is 19.7 Å². The molecule has 210 valence electrons. The van der Waals surface area contributed by atoms with E-state index in [0.717, 1.165) is 43.4 Å². The van der Waals surface area contributed by atoms with Crippen molar-refractivity contribution in [1.82, 2.24) is 15.3 Å². The van der Waals surface area contributed by atoms with Crippen LogP contribution in [0.1, 0.15) is 35.6 Å². The molecule has 4 aromatic rings. The van der Waals surface area contributed by atoms with Crippen molar-refractivity contribution in [3.05, 3.63) is 89.6 Å². The van der Waals surface area contributed by atoms with Gasteiger partial charge in [-0.15, -0.1) is 0 Å². The van der Waals surface area contributed by atoms with Crippen LogP contribution in [-0.4, -0.2) is 49.7 Å². The molecular weight excluding hydrogens is 514 g/mol. The second-order valence-electron chi connectivity index (χ2n) is 10.3. The minimum atomic E-state index is -1.07. The van der Waals surface area contributed by atoms with Crippen molar-refractivity contribution in [3.63, 3.8) is 0 Å². The molecule has 1 saturated heterocycles. The summed E-state index contributed by atoms with van der Waals surface area (Å²) in [7, 11) is 3.19. The van der Waals surface area contributed by atoms with E-state index in [2.05, 4.69) is 40.6 Å². The van der Waals surface area contributed by atoms with Crippen molar-refractivity contribution in [2.24, 2.45) is 5.92 Å². The van der Waals surface area contributed by atoms with Gasteiger partial charge in [0.1, 0.15) is 5.69 Å². The molecule has 8 nitrogen and oxygen atoms in total. The molecule has 2 heterocycles. The van der Waals surface area contributed by atoms with Crippen molar-refractivity contribution < 1.29 is 14.3 Å². The predicted octanol–water partition coefficient (Wildman–Crippen LogP) is 5.07. The van der Waals surface area contributed by atoms with Crippen LogP contribution in [0, 0.1) is 17.2 Å². The highest BCUT2D eigenvalue weighted by Crippen LogP contribution is 2.32. The molecule has 5 rings (SSSR count). The van der Waals surface area contributed by atoms with Crippen molar-refractivity contribution in [2.45, 2.75) is 31.6 Å². The number of hydrogen-bond donors (Lipinski definition) is 1. The average molecular weight is 550 g/mol. The number of carbonyl (C=O) groups excluding carboxylic acids is 1. The number of fused-ring (bicyclic) bond motifs is 1. The molecule has 1 aliphatic rings. The first kappa shape index (κ1) is 27.9. The van der Waals surface area contributed by atoms with Gasteiger partial charge in [0.05, 0.1) is 31.3 Å². The third kappa shape index (κ3) is 6.58. The lowest BCUT2D eigenvalue weighted by atomic mass is 9.90. The normalized spacial score (nSPS) is 14.3. The van der Waals surface area contributed by atoms with E-state index in [1.54, 1.807) is 14.2 Å². The Morgan fingerprint density at radius 3 is 2.32 bits per heavy atom. The maximum Gasteiger partial charge on any atom is 0.243 e. The van der Waals surface area contributed by atoms with Crippen LogP contribution in [0.25, 0.3) is 11.0 Å². The summed E-state index contributed by atoms with van der Waals surface area (Å²) in [5, 5.41) is 13.1. The lowest BCUT2D eigenvalue weighted by Gasteiger charge is -2.34. The number of methoxy groups -OCH3 is 2. The van der Waals surface area contributed by atoms with Crippen LogP contribution in [0.15, 0.2) is 72.8 Å². The van der Waals surface area contributed by atoms with Crippen LogP contribution < -0.4 is 19.7 Å². The molecule has 41 heavy (non-hydrogen) atoms. The van der Waals surface area contributed by atoms with Gasteiger partial charge in [-0.05, 0) is 67.0 Å². The zero-order chi connectivity index (χ0) is 28.6. The van der Waals surface area contributed by atoms with E-state index < -0.39 is 5.92 Å². The van der Waals surface area contributed by atoms with Crippen molar-refractivity contribution in [3.8, 4) is 17.6 Å². The highest BCUT2D eigenvalue weighted by molar-refractivity contribution is 5.88. The number of ether oxygens (including phenoxy) is 2. The average Bonchev–Trinajstić information content (AvgIpc) is 3.02. The molecule has 0 bridgehead atoms. The maximum absolute atomic E-state index is 13.4. The summed E-state index contributed by atoms with van der Waals surface area (Å²) in [6.07, 6.45) is 3.65. The van der Waals surface area contributed by atoms with E-state index in [1.807, 2.05) is 48.5 Å². The van der Waals surface area contributed by atoms with Gasteiger partial charge in [0.15, 0.2) is 23.2 Å². The van der Waals surface area contributed by atoms with Crippen LogP contribution in [0.3, 0.4) is 0 Å². The summed E-state index contributed by atoms with van der Waals surface area (Å²) in [4.78, 5) is 25.3. The second kappa shape index (κ2) is 13.1. The molecule has 1 unspecified atom stereocenters. The molecule has 8 heteroatoms. The quantitative estimate of drug-likeness (QED) is 0.295. The highest BCUT2D eigenvalue weighted by atomic mass is 16.5. The van der Waals surface area contributed by atoms with E-state index in [4.69, 9.17) is 19.4 Å². The Morgan fingerprint density at radius 2 is 1.63 bits per heavy atom. The van der Waals surface area contributed by atoms with Crippen molar-refractivity contribution in [2.75, 3.05) is 38.8 Å². The lowest BCUT2D eigenvalue weighted by molar-refractivity contribution is -0.121. The molecule has 3 aromatic carbocycles.